The molecule has 0 N–H and O–H groups in total. The van der Waals surface area contributed by atoms with Crippen molar-refractivity contribution in [3.63, 3.8) is 0 Å². The van der Waals surface area contributed by atoms with Crippen molar-refractivity contribution in [2.24, 2.45) is 15.9 Å². The van der Waals surface area contributed by atoms with E-state index in [4.69, 9.17) is 14.5 Å². The van der Waals surface area contributed by atoms with Crippen molar-refractivity contribution < 1.29 is 9.47 Å². The average Bonchev–Trinajstić information content (AvgIpc) is 3.27. The van der Waals surface area contributed by atoms with Crippen LogP contribution in [0, 0.1) is 17.2 Å². The number of rotatable bonds is 7. The van der Waals surface area contributed by atoms with E-state index in [1.165, 1.54) is 0 Å². The van der Waals surface area contributed by atoms with Crippen LogP contribution in [-0.4, -0.2) is 28.9 Å². The van der Waals surface area contributed by atoms with E-state index >= 15 is 0 Å². The highest BCUT2D eigenvalue weighted by atomic mass is 16.5. The number of ether oxygens (including phenoxy) is 2. The Bertz CT molecular complexity index is 1540. The van der Waals surface area contributed by atoms with Crippen LogP contribution in [0.2, 0.25) is 0 Å². The van der Waals surface area contributed by atoms with E-state index < -0.39 is 0 Å². The summed E-state index contributed by atoms with van der Waals surface area (Å²) in [4.78, 5) is 18.0. The molecule has 0 saturated carbocycles. The van der Waals surface area contributed by atoms with Crippen LogP contribution < -0.4 is 4.74 Å². The number of nitrogens with zero attached hydrogens (tertiary/aromatic N) is 5. The van der Waals surface area contributed by atoms with Gasteiger partial charge in [-0.25, -0.2) is 15.0 Å². The number of hydrogen-bond acceptors (Lipinski definition) is 7. The van der Waals surface area contributed by atoms with Crippen molar-refractivity contribution in [1.29, 1.82) is 5.26 Å². The smallest absolute Gasteiger partial charge is 0.164 e. The lowest BCUT2D eigenvalue weighted by Gasteiger charge is -2.17. The van der Waals surface area contributed by atoms with Gasteiger partial charge in [-0.15, -0.1) is 0 Å². The Morgan fingerprint density at radius 1 is 1.08 bits per heavy atom. The molecule has 0 spiro atoms. The first-order valence-corrected chi connectivity index (χ1v) is 12.9. The molecule has 2 atom stereocenters. The van der Waals surface area contributed by atoms with Gasteiger partial charge in [-0.05, 0) is 61.5 Å². The monoisotopic (exact) mass is 515 g/mol. The average molecular weight is 516 g/mol. The minimum atomic E-state index is 0.221. The normalized spacial score (nSPS) is 18.3. The Labute approximate surface area is 228 Å². The maximum atomic E-state index is 9.34. The number of hydrogen-bond donors (Lipinski definition) is 0. The lowest BCUT2D eigenvalue weighted by Crippen LogP contribution is -2.12. The van der Waals surface area contributed by atoms with Crippen molar-refractivity contribution >= 4 is 18.2 Å². The van der Waals surface area contributed by atoms with Crippen molar-refractivity contribution in [3.8, 4) is 11.8 Å². The summed E-state index contributed by atoms with van der Waals surface area (Å²) in [5.41, 5.74) is 5.00. The SMILES string of the molecule is C=Nc1ncnc2c1C(c1ccc(OC3=CC(OCc4ccccc4C#N)=CCC=C3)cc1)=NCC(C)C2C. The van der Waals surface area contributed by atoms with Crippen LogP contribution in [0.1, 0.15) is 54.1 Å². The molecule has 0 fully saturated rings. The van der Waals surface area contributed by atoms with Crippen LogP contribution in [0.15, 0.2) is 101 Å². The fourth-order valence-electron chi connectivity index (χ4n) is 4.57. The number of allylic oxidation sites excluding steroid dienone is 4. The first kappa shape index (κ1) is 25.8. The van der Waals surface area contributed by atoms with E-state index in [0.717, 1.165) is 34.5 Å². The minimum absolute atomic E-state index is 0.221. The number of aliphatic imine (C=N–C) groups is 2. The van der Waals surface area contributed by atoms with Gasteiger partial charge < -0.3 is 9.47 Å². The lowest BCUT2D eigenvalue weighted by atomic mass is 9.89. The van der Waals surface area contributed by atoms with Gasteiger partial charge in [0.15, 0.2) is 5.82 Å². The second kappa shape index (κ2) is 11.7. The molecule has 0 bridgehead atoms. The molecule has 194 valence electrons. The molecular formula is C32H29N5O2. The Kier molecular flexibility index (Phi) is 7.74. The van der Waals surface area contributed by atoms with Gasteiger partial charge in [0.1, 0.15) is 30.2 Å². The third-order valence-electron chi connectivity index (χ3n) is 6.98. The minimum Gasteiger partial charge on any atom is -0.489 e. The lowest BCUT2D eigenvalue weighted by molar-refractivity contribution is 0.208. The molecule has 0 amide bonds. The van der Waals surface area contributed by atoms with E-state index in [9.17, 15) is 5.26 Å². The van der Waals surface area contributed by atoms with Gasteiger partial charge >= 0.3 is 0 Å². The summed E-state index contributed by atoms with van der Waals surface area (Å²) in [5, 5.41) is 9.34. The van der Waals surface area contributed by atoms with Gasteiger partial charge in [0, 0.05) is 29.7 Å². The van der Waals surface area contributed by atoms with Crippen LogP contribution in [0.5, 0.6) is 5.75 Å². The molecule has 1 aliphatic heterocycles. The van der Waals surface area contributed by atoms with Gasteiger partial charge in [0.2, 0.25) is 0 Å². The largest absolute Gasteiger partial charge is 0.489 e. The Balaban J connectivity index is 1.35. The molecule has 2 heterocycles. The van der Waals surface area contributed by atoms with E-state index in [1.54, 1.807) is 12.4 Å². The van der Waals surface area contributed by atoms with Crippen LogP contribution >= 0.6 is 0 Å². The standard InChI is InChI=1S/C32H29N5O2/c1-21-18-35-31(29-30(22(21)2)36-20-37-32(29)34-3)23-12-14-26(15-13-23)39-28-11-7-6-10-27(16-28)38-19-25-9-5-4-8-24(25)17-33/h4-5,7-16,20-22H,3,6,18-19H2,1-2H3. The van der Waals surface area contributed by atoms with Crippen LogP contribution in [-0.2, 0) is 11.3 Å². The molecule has 5 rings (SSSR count). The van der Waals surface area contributed by atoms with Crippen LogP contribution in [0.25, 0.3) is 0 Å². The number of fused-ring (bicyclic) bond motifs is 1. The summed E-state index contributed by atoms with van der Waals surface area (Å²) in [6.07, 6.45) is 10.1. The van der Waals surface area contributed by atoms with Crippen molar-refractivity contribution in [3.05, 3.63) is 119 Å². The summed E-state index contributed by atoms with van der Waals surface area (Å²) in [5.74, 6) is 3.14. The fourth-order valence-corrected chi connectivity index (χ4v) is 4.57. The predicted molar refractivity (Wildman–Crippen MR) is 152 cm³/mol. The summed E-state index contributed by atoms with van der Waals surface area (Å²) in [6, 6.07) is 17.5. The molecule has 1 aliphatic carbocycles. The second-order valence-corrected chi connectivity index (χ2v) is 9.55. The van der Waals surface area contributed by atoms with Gasteiger partial charge in [-0.3, -0.25) is 4.99 Å². The Morgan fingerprint density at radius 3 is 2.69 bits per heavy atom. The summed E-state index contributed by atoms with van der Waals surface area (Å²) < 4.78 is 12.2. The summed E-state index contributed by atoms with van der Waals surface area (Å²) >= 11 is 0. The van der Waals surface area contributed by atoms with Crippen molar-refractivity contribution in [2.45, 2.75) is 32.8 Å². The van der Waals surface area contributed by atoms with Gasteiger partial charge in [-0.2, -0.15) is 5.26 Å². The highest BCUT2D eigenvalue weighted by Crippen LogP contribution is 2.34. The fraction of sp³-hybridized carbons (Fsp3) is 0.219. The van der Waals surface area contributed by atoms with Crippen LogP contribution in [0.4, 0.5) is 5.82 Å². The molecule has 0 radical (unpaired) electrons. The second-order valence-electron chi connectivity index (χ2n) is 9.55. The zero-order valence-corrected chi connectivity index (χ0v) is 22.0. The topological polar surface area (TPSA) is 92.8 Å². The third kappa shape index (κ3) is 5.70. The number of nitriles is 1. The van der Waals surface area contributed by atoms with E-state index in [2.05, 4.69) is 41.6 Å². The van der Waals surface area contributed by atoms with Crippen molar-refractivity contribution in [2.75, 3.05) is 6.54 Å². The maximum absolute atomic E-state index is 9.34. The van der Waals surface area contributed by atoms with E-state index in [-0.39, 0.29) is 5.92 Å². The molecule has 1 aromatic heterocycles. The number of benzene rings is 2. The zero-order valence-electron chi connectivity index (χ0n) is 22.0. The zero-order chi connectivity index (χ0) is 27.2. The first-order chi connectivity index (χ1) is 19.1. The van der Waals surface area contributed by atoms with Gasteiger partial charge in [0.05, 0.1) is 28.6 Å². The molecule has 0 saturated heterocycles. The molecule has 7 nitrogen and oxygen atoms in total. The van der Waals surface area contributed by atoms with Gasteiger partial charge in [0.25, 0.3) is 0 Å². The first-order valence-electron chi connectivity index (χ1n) is 12.9. The molecule has 39 heavy (non-hydrogen) atoms. The highest BCUT2D eigenvalue weighted by Gasteiger charge is 2.28. The van der Waals surface area contributed by atoms with E-state index in [1.807, 2.05) is 66.8 Å². The summed E-state index contributed by atoms with van der Waals surface area (Å²) in [6.45, 7) is 9.06. The quantitative estimate of drug-likeness (QED) is 0.331. The van der Waals surface area contributed by atoms with E-state index in [0.29, 0.717) is 47.7 Å². The molecular weight excluding hydrogens is 486 g/mol. The highest BCUT2D eigenvalue weighted by molar-refractivity contribution is 6.16. The third-order valence-corrected chi connectivity index (χ3v) is 6.98. The summed E-state index contributed by atoms with van der Waals surface area (Å²) in [7, 11) is 0. The Hall–Kier alpha value is -4.83. The van der Waals surface area contributed by atoms with Crippen LogP contribution in [0.3, 0.4) is 0 Å². The predicted octanol–water partition coefficient (Wildman–Crippen LogP) is 6.59. The number of aromatic nitrogens is 2. The molecule has 2 aromatic carbocycles. The van der Waals surface area contributed by atoms with Crippen molar-refractivity contribution in [1.82, 2.24) is 9.97 Å². The Morgan fingerprint density at radius 2 is 1.90 bits per heavy atom. The molecule has 2 unspecified atom stereocenters. The van der Waals surface area contributed by atoms with Gasteiger partial charge in [-0.1, -0.05) is 38.1 Å². The molecule has 3 aromatic rings. The molecule has 7 heteroatoms. The maximum Gasteiger partial charge on any atom is 0.164 e. The molecule has 2 aliphatic rings.